The fourth-order valence-electron chi connectivity index (χ4n) is 2.63. The third kappa shape index (κ3) is 5.08. The van der Waals surface area contributed by atoms with Crippen LogP contribution in [0, 0.1) is 13.8 Å². The van der Waals surface area contributed by atoms with Gasteiger partial charge in [0.25, 0.3) is 0 Å². The third-order valence-corrected chi connectivity index (χ3v) is 6.30. The number of carbonyl (C=O) groups is 1. The monoisotopic (exact) mass is 389 g/mol. The molecule has 1 amide bonds. The van der Waals surface area contributed by atoms with Crippen LogP contribution in [0.3, 0.4) is 0 Å². The summed E-state index contributed by atoms with van der Waals surface area (Å²) in [6.07, 6.45) is 0. The van der Waals surface area contributed by atoms with Crippen LogP contribution >= 0.6 is 0 Å². The lowest BCUT2D eigenvalue weighted by Crippen LogP contribution is -2.46. The molecule has 0 heterocycles. The maximum Gasteiger partial charge on any atom is 0.304 e. The number of benzene rings is 2. The van der Waals surface area contributed by atoms with Crippen molar-refractivity contribution in [1.29, 1.82) is 0 Å². The second kappa shape index (κ2) is 8.54. The summed E-state index contributed by atoms with van der Waals surface area (Å²) in [4.78, 5) is 12.6. The Morgan fingerprint density at radius 1 is 1.04 bits per heavy atom. The molecular formula is C20H27N3O3S. The van der Waals surface area contributed by atoms with Crippen LogP contribution in [0.4, 0.5) is 5.69 Å². The minimum absolute atomic E-state index is 0.225. The van der Waals surface area contributed by atoms with Gasteiger partial charge in [-0.05, 0) is 49.6 Å². The predicted molar refractivity (Wildman–Crippen MR) is 109 cm³/mol. The number of aryl methyl sites for hydroxylation is 2. The molecule has 0 saturated heterocycles. The lowest BCUT2D eigenvalue weighted by molar-refractivity contribution is -0.120. The molecule has 2 aromatic carbocycles. The smallest absolute Gasteiger partial charge is 0.304 e. The van der Waals surface area contributed by atoms with Gasteiger partial charge in [-0.3, -0.25) is 4.79 Å². The van der Waals surface area contributed by atoms with E-state index in [2.05, 4.69) is 5.32 Å². The molecule has 0 bridgehead atoms. The highest BCUT2D eigenvalue weighted by atomic mass is 32.2. The fraction of sp³-hybridized carbons (Fsp3) is 0.350. The molecule has 0 fully saturated rings. The van der Waals surface area contributed by atoms with E-state index in [4.69, 9.17) is 0 Å². The van der Waals surface area contributed by atoms with Crippen molar-refractivity contribution in [2.24, 2.45) is 0 Å². The standard InChI is InChI=1S/C20H27N3O3S/c1-15-11-12-18(13-16(15)2)17(3)21-20(24)14-23(27(25,26)22(4)5)19-9-7-6-8-10-19/h6-13,17H,14H2,1-5H3,(H,21,24). The minimum Gasteiger partial charge on any atom is -0.348 e. The van der Waals surface area contributed by atoms with Crippen LogP contribution in [0.15, 0.2) is 48.5 Å². The van der Waals surface area contributed by atoms with Gasteiger partial charge in [-0.2, -0.15) is 12.7 Å². The van der Waals surface area contributed by atoms with Gasteiger partial charge in [0.1, 0.15) is 6.54 Å². The summed E-state index contributed by atoms with van der Waals surface area (Å²) in [5, 5.41) is 2.89. The highest BCUT2D eigenvalue weighted by Gasteiger charge is 2.27. The van der Waals surface area contributed by atoms with Crippen molar-refractivity contribution in [3.05, 3.63) is 65.2 Å². The van der Waals surface area contributed by atoms with Crippen molar-refractivity contribution in [3.8, 4) is 0 Å². The van der Waals surface area contributed by atoms with Crippen molar-refractivity contribution >= 4 is 21.8 Å². The van der Waals surface area contributed by atoms with Gasteiger partial charge in [-0.15, -0.1) is 0 Å². The quantitative estimate of drug-likeness (QED) is 0.792. The summed E-state index contributed by atoms with van der Waals surface area (Å²) in [6.45, 7) is 5.65. The first-order valence-corrected chi connectivity index (χ1v) is 10.1. The third-order valence-electron chi connectivity index (χ3n) is 4.48. The molecule has 1 atom stereocenters. The maximum absolute atomic E-state index is 12.7. The van der Waals surface area contributed by atoms with Gasteiger partial charge in [0.2, 0.25) is 5.91 Å². The Morgan fingerprint density at radius 2 is 1.67 bits per heavy atom. The normalized spacial score (nSPS) is 12.7. The van der Waals surface area contributed by atoms with Crippen molar-refractivity contribution in [1.82, 2.24) is 9.62 Å². The Morgan fingerprint density at radius 3 is 2.22 bits per heavy atom. The summed E-state index contributed by atoms with van der Waals surface area (Å²) < 4.78 is 27.6. The number of hydrogen-bond donors (Lipinski definition) is 1. The molecule has 1 N–H and O–H groups in total. The summed E-state index contributed by atoms with van der Waals surface area (Å²) in [6, 6.07) is 14.4. The first-order chi connectivity index (χ1) is 12.6. The molecule has 6 nitrogen and oxygen atoms in total. The van der Waals surface area contributed by atoms with Gasteiger partial charge in [-0.1, -0.05) is 36.4 Å². The van der Waals surface area contributed by atoms with E-state index in [1.807, 2.05) is 39.0 Å². The number of carbonyl (C=O) groups excluding carboxylic acids is 1. The van der Waals surface area contributed by atoms with E-state index < -0.39 is 10.2 Å². The predicted octanol–water partition coefficient (Wildman–Crippen LogP) is 2.79. The molecule has 7 heteroatoms. The Kier molecular flexibility index (Phi) is 6.62. The van der Waals surface area contributed by atoms with Gasteiger partial charge in [0.15, 0.2) is 0 Å². The topological polar surface area (TPSA) is 69.7 Å². The number of rotatable bonds is 7. The minimum atomic E-state index is -3.79. The molecule has 0 radical (unpaired) electrons. The number of hydrogen-bond acceptors (Lipinski definition) is 3. The van der Waals surface area contributed by atoms with E-state index in [0.717, 1.165) is 19.7 Å². The largest absolute Gasteiger partial charge is 0.348 e. The van der Waals surface area contributed by atoms with Gasteiger partial charge < -0.3 is 5.32 Å². The summed E-state index contributed by atoms with van der Waals surface area (Å²) in [5.74, 6) is -0.366. The number of nitrogens with zero attached hydrogens (tertiary/aromatic N) is 2. The van der Waals surface area contributed by atoms with E-state index in [9.17, 15) is 13.2 Å². The molecule has 27 heavy (non-hydrogen) atoms. The van der Waals surface area contributed by atoms with E-state index in [1.165, 1.54) is 19.7 Å². The van der Waals surface area contributed by atoms with E-state index >= 15 is 0 Å². The fourth-order valence-corrected chi connectivity index (χ4v) is 3.70. The summed E-state index contributed by atoms with van der Waals surface area (Å²) in [7, 11) is -0.903. The second-order valence-electron chi connectivity index (χ2n) is 6.77. The maximum atomic E-state index is 12.7. The average Bonchev–Trinajstić information content (AvgIpc) is 2.62. The van der Waals surface area contributed by atoms with E-state index in [1.54, 1.807) is 30.3 Å². The zero-order valence-electron chi connectivity index (χ0n) is 16.4. The number of nitrogens with one attached hydrogen (secondary N) is 1. The van der Waals surface area contributed by atoms with Crippen LogP contribution in [0.5, 0.6) is 0 Å². The molecule has 1 unspecified atom stereocenters. The zero-order chi connectivity index (χ0) is 20.2. The van der Waals surface area contributed by atoms with Gasteiger partial charge >= 0.3 is 10.2 Å². The summed E-state index contributed by atoms with van der Waals surface area (Å²) >= 11 is 0. The lowest BCUT2D eigenvalue weighted by Gasteiger charge is -2.27. The van der Waals surface area contributed by atoms with Gasteiger partial charge in [-0.25, -0.2) is 4.31 Å². The van der Waals surface area contributed by atoms with Crippen molar-refractivity contribution in [3.63, 3.8) is 0 Å². The number of anilines is 1. The molecule has 0 aliphatic carbocycles. The molecule has 0 aliphatic rings. The van der Waals surface area contributed by atoms with Crippen molar-refractivity contribution in [2.45, 2.75) is 26.8 Å². The van der Waals surface area contributed by atoms with Crippen LogP contribution in [0.25, 0.3) is 0 Å². The lowest BCUT2D eigenvalue weighted by atomic mass is 10.0. The van der Waals surface area contributed by atoms with Crippen LogP contribution < -0.4 is 9.62 Å². The van der Waals surface area contributed by atoms with Crippen molar-refractivity contribution in [2.75, 3.05) is 24.9 Å². The van der Waals surface area contributed by atoms with E-state index in [-0.39, 0.29) is 18.5 Å². The first-order valence-electron chi connectivity index (χ1n) is 8.74. The Hall–Kier alpha value is -2.38. The van der Waals surface area contributed by atoms with Crippen LogP contribution in [0.2, 0.25) is 0 Å². The van der Waals surface area contributed by atoms with Crippen LogP contribution in [-0.4, -0.2) is 39.3 Å². The molecule has 0 spiro atoms. The van der Waals surface area contributed by atoms with Gasteiger partial charge in [0.05, 0.1) is 11.7 Å². The second-order valence-corrected chi connectivity index (χ2v) is 8.83. The Balaban J connectivity index is 2.19. The SMILES string of the molecule is Cc1ccc(C(C)NC(=O)CN(c2ccccc2)S(=O)(=O)N(C)C)cc1C. The molecule has 2 aromatic rings. The van der Waals surface area contributed by atoms with Crippen molar-refractivity contribution < 1.29 is 13.2 Å². The molecular weight excluding hydrogens is 362 g/mol. The molecule has 146 valence electrons. The van der Waals surface area contributed by atoms with Crippen LogP contribution in [-0.2, 0) is 15.0 Å². The molecule has 0 aliphatic heterocycles. The zero-order valence-corrected chi connectivity index (χ0v) is 17.2. The number of amides is 1. The average molecular weight is 390 g/mol. The molecule has 0 aromatic heterocycles. The Bertz CT molecular complexity index is 896. The van der Waals surface area contributed by atoms with Gasteiger partial charge in [0, 0.05) is 14.1 Å². The first kappa shape index (κ1) is 20.9. The van der Waals surface area contributed by atoms with E-state index in [0.29, 0.717) is 5.69 Å². The summed E-state index contributed by atoms with van der Waals surface area (Å²) in [5.41, 5.74) is 3.76. The number of para-hydroxylation sites is 1. The highest BCUT2D eigenvalue weighted by Crippen LogP contribution is 2.20. The molecule has 0 saturated carbocycles. The Labute approximate surface area is 162 Å². The highest BCUT2D eigenvalue weighted by molar-refractivity contribution is 7.90. The molecule has 2 rings (SSSR count). The van der Waals surface area contributed by atoms with Crippen LogP contribution in [0.1, 0.15) is 29.7 Å².